The van der Waals surface area contributed by atoms with Gasteiger partial charge >= 0.3 is 0 Å². The highest BCUT2D eigenvalue weighted by Gasteiger charge is 2.45. The Hall–Kier alpha value is -8.60. The molecule has 0 radical (unpaired) electrons. The minimum Gasteiger partial charge on any atom is -0.357 e. The normalized spacial score (nSPS) is 24.6. The van der Waals surface area contributed by atoms with Crippen LogP contribution in [0.1, 0.15) is 64.6 Å². The fourth-order valence-corrected chi connectivity index (χ4v) is 14.3. The summed E-state index contributed by atoms with van der Waals surface area (Å²) in [4.78, 5) is 7.95. The van der Waals surface area contributed by atoms with E-state index in [2.05, 4.69) is 302 Å². The lowest BCUT2D eigenvalue weighted by atomic mass is 9.80. The van der Waals surface area contributed by atoms with E-state index in [1.807, 2.05) is 0 Å². The van der Waals surface area contributed by atoms with E-state index in [1.165, 1.54) is 101 Å². The summed E-state index contributed by atoms with van der Waals surface area (Å²) < 4.78 is 2.56. The molecular formula is C76H70N4. The maximum absolute atomic E-state index is 2.70. The number of nitrogens with zero attached hydrogens (tertiary/aromatic N) is 4. The van der Waals surface area contributed by atoms with E-state index in [-0.39, 0.29) is 17.4 Å². The van der Waals surface area contributed by atoms with Gasteiger partial charge in [0.15, 0.2) is 0 Å². The fourth-order valence-electron chi connectivity index (χ4n) is 14.3. The Bertz CT molecular complexity index is 3900. The topological polar surface area (TPSA) is 14.7 Å². The van der Waals surface area contributed by atoms with E-state index in [4.69, 9.17) is 0 Å². The van der Waals surface area contributed by atoms with Gasteiger partial charge in [-0.05, 0) is 151 Å². The molecule has 0 amide bonds. The summed E-state index contributed by atoms with van der Waals surface area (Å²) in [6, 6.07) is 60.8. The minimum atomic E-state index is -0.335. The van der Waals surface area contributed by atoms with Crippen LogP contribution in [0.4, 0.5) is 17.1 Å². The van der Waals surface area contributed by atoms with E-state index in [0.717, 1.165) is 32.1 Å². The highest BCUT2D eigenvalue weighted by atomic mass is 15.2. The van der Waals surface area contributed by atoms with Crippen molar-refractivity contribution in [1.82, 2.24) is 4.57 Å². The molecule has 6 aliphatic carbocycles. The number of para-hydroxylation sites is 2. The third kappa shape index (κ3) is 8.86. The van der Waals surface area contributed by atoms with Crippen molar-refractivity contribution >= 4 is 39.7 Å². The molecule has 0 spiro atoms. The predicted octanol–water partition coefficient (Wildman–Crippen LogP) is 18.7. The van der Waals surface area contributed by atoms with Crippen LogP contribution in [0.25, 0.3) is 44.9 Å². The number of benzene rings is 6. The Balaban J connectivity index is 0.827. The first-order valence-electron chi connectivity index (χ1n) is 29.3. The van der Waals surface area contributed by atoms with Crippen molar-refractivity contribution in [3.8, 4) is 22.3 Å². The van der Waals surface area contributed by atoms with Gasteiger partial charge in [0.25, 0.3) is 0 Å². The number of anilines is 3. The summed E-state index contributed by atoms with van der Waals surface area (Å²) >= 11 is 0. The summed E-state index contributed by atoms with van der Waals surface area (Å²) in [6.07, 6.45) is 41.3. The molecule has 0 saturated carbocycles. The van der Waals surface area contributed by atoms with Crippen molar-refractivity contribution < 1.29 is 0 Å². The van der Waals surface area contributed by atoms with Crippen molar-refractivity contribution in [3.63, 3.8) is 0 Å². The maximum Gasteiger partial charge on any atom is 0.0640 e. The second-order valence-electron chi connectivity index (χ2n) is 23.6. The molecule has 0 bridgehead atoms. The number of rotatable bonds is 11. The van der Waals surface area contributed by atoms with Crippen molar-refractivity contribution in [2.24, 2.45) is 23.7 Å². The van der Waals surface area contributed by atoms with Crippen molar-refractivity contribution in [3.05, 3.63) is 294 Å². The first-order valence-corrected chi connectivity index (χ1v) is 29.3. The molecule has 14 rings (SSSR count). The van der Waals surface area contributed by atoms with Crippen molar-refractivity contribution in [2.75, 3.05) is 14.7 Å². The Morgan fingerprint density at radius 3 is 2.00 bits per heavy atom. The van der Waals surface area contributed by atoms with E-state index < -0.39 is 0 Å². The smallest absolute Gasteiger partial charge is 0.0640 e. The zero-order valence-corrected chi connectivity index (χ0v) is 46.5. The standard InChI is InChI=1S/C76H70N4/c1-52-21-18-30-62(45-52)79-72-36-17-15-34-67(72)69-51-74(54(3)47-75(69)79)80(65-32-20-27-59(49-65)56-24-10-6-11-25-56)76(4)43-41-57(42-44-76)60-37-39-70(53(2)46-60)77(63-31-19-26-58(48-63)55-22-8-5-9-23-55)64-38-40-73-68(50-64)66-33-14-16-35-71(66)78(73)61-28-12-7-13-29-61/h5-20,22-39,41-43,45,48-54,66,71,73H,21,40,44,46-47H2,1-4H3/t52?,53-,54?,66?,71?,73?,76?/m1/s1. The zero-order chi connectivity index (χ0) is 53.9. The van der Waals surface area contributed by atoms with Gasteiger partial charge in [-0.2, -0.15) is 0 Å². The molecule has 0 N–H and O–H groups in total. The summed E-state index contributed by atoms with van der Waals surface area (Å²) in [5.41, 5.74) is 21.8. The molecular weight excluding hydrogens is 969 g/mol. The summed E-state index contributed by atoms with van der Waals surface area (Å²) in [5, 5.41) is 1.32. The fraction of sp³-hybridized carbons (Fsp3) is 0.211. The third-order valence-electron chi connectivity index (χ3n) is 18.2. The van der Waals surface area contributed by atoms with Gasteiger partial charge in [-0.1, -0.05) is 209 Å². The second kappa shape index (κ2) is 20.6. The molecule has 1 saturated heterocycles. The Morgan fingerprint density at radius 1 is 0.600 bits per heavy atom. The lowest BCUT2D eigenvalue weighted by Crippen LogP contribution is -2.47. The van der Waals surface area contributed by atoms with Gasteiger partial charge in [-0.25, -0.2) is 0 Å². The summed E-state index contributed by atoms with van der Waals surface area (Å²) in [7, 11) is 0. The molecule has 7 aromatic rings. The average molecular weight is 1040 g/mol. The largest absolute Gasteiger partial charge is 0.357 e. The molecule has 4 heteroatoms. The van der Waals surface area contributed by atoms with E-state index in [0.29, 0.717) is 23.9 Å². The second-order valence-corrected chi connectivity index (χ2v) is 23.6. The van der Waals surface area contributed by atoms with E-state index in [1.54, 1.807) is 0 Å². The van der Waals surface area contributed by atoms with Crippen LogP contribution in [0, 0.1) is 23.7 Å². The number of fused-ring (bicyclic) bond motifs is 6. The highest BCUT2D eigenvalue weighted by Crippen LogP contribution is 2.49. The molecule has 7 atom stereocenters. The molecule has 6 unspecified atom stereocenters. The van der Waals surface area contributed by atoms with Crippen LogP contribution in [0.15, 0.2) is 283 Å². The monoisotopic (exact) mass is 1040 g/mol. The quantitative estimate of drug-likeness (QED) is 0.128. The lowest BCUT2D eigenvalue weighted by molar-refractivity contribution is 0.505. The van der Waals surface area contributed by atoms with Gasteiger partial charge in [0.2, 0.25) is 0 Å². The van der Waals surface area contributed by atoms with E-state index in [9.17, 15) is 0 Å². The summed E-state index contributed by atoms with van der Waals surface area (Å²) in [5.74, 6) is 1.35. The SMILES string of the molecule is CC1C=C(n2c3c(c4ccccc42)C=C(N(c2cccc(-c4ccccc4)c2)C2(C)C=CC(C4=CC=C(N(C5=CCC6C(=C5)C5C=CC=CC5N6c5ccccc5)c5cccc(-c6ccccc6)c5)[C@H](C)C4)=CC2)C(C)C3)C=CC1. The van der Waals surface area contributed by atoms with E-state index >= 15 is 0 Å². The first-order chi connectivity index (χ1) is 39.3. The van der Waals surface area contributed by atoms with Crippen molar-refractivity contribution in [1.29, 1.82) is 0 Å². The van der Waals surface area contributed by atoms with Crippen LogP contribution in [-0.4, -0.2) is 22.2 Å². The number of hydrogen-bond acceptors (Lipinski definition) is 3. The predicted molar refractivity (Wildman–Crippen MR) is 338 cm³/mol. The highest BCUT2D eigenvalue weighted by molar-refractivity contribution is 5.96. The van der Waals surface area contributed by atoms with Gasteiger partial charge in [0.1, 0.15) is 0 Å². The molecule has 1 aliphatic heterocycles. The molecule has 7 aliphatic rings. The maximum atomic E-state index is 2.70. The van der Waals surface area contributed by atoms with Gasteiger partial charge in [-0.15, -0.1) is 0 Å². The van der Waals surface area contributed by atoms with Gasteiger partial charge in [0, 0.05) is 74.2 Å². The number of aromatic nitrogens is 1. The molecule has 394 valence electrons. The molecule has 4 nitrogen and oxygen atoms in total. The Kier molecular flexibility index (Phi) is 12.8. The molecule has 6 aromatic carbocycles. The van der Waals surface area contributed by atoms with Gasteiger partial charge < -0.3 is 19.3 Å². The third-order valence-corrected chi connectivity index (χ3v) is 18.2. The average Bonchev–Trinajstić information content (AvgIpc) is 4.23. The van der Waals surface area contributed by atoms with Crippen molar-refractivity contribution in [2.45, 2.75) is 77.4 Å². The minimum absolute atomic E-state index is 0.259. The lowest BCUT2D eigenvalue weighted by Gasteiger charge is -2.46. The van der Waals surface area contributed by atoms with Gasteiger partial charge in [-0.3, -0.25) is 0 Å². The Labute approximate surface area is 473 Å². The number of hydrogen-bond donors (Lipinski definition) is 0. The molecule has 2 heterocycles. The van der Waals surface area contributed by atoms with Crippen LogP contribution in [0.2, 0.25) is 0 Å². The number of allylic oxidation sites excluding steroid dienone is 14. The van der Waals surface area contributed by atoms with Crippen LogP contribution in [-0.2, 0) is 6.42 Å². The van der Waals surface area contributed by atoms with Crippen LogP contribution in [0.5, 0.6) is 0 Å². The molecule has 80 heavy (non-hydrogen) atoms. The Morgan fingerprint density at radius 2 is 1.27 bits per heavy atom. The molecule has 1 aromatic heterocycles. The van der Waals surface area contributed by atoms with Gasteiger partial charge in [0.05, 0.1) is 23.1 Å². The zero-order valence-electron chi connectivity index (χ0n) is 46.5. The first kappa shape index (κ1) is 49.7. The van der Waals surface area contributed by atoms with Crippen LogP contribution in [0.3, 0.4) is 0 Å². The van der Waals surface area contributed by atoms with Crippen LogP contribution >= 0.6 is 0 Å². The molecule has 1 fully saturated rings. The van der Waals surface area contributed by atoms with Crippen LogP contribution < -0.4 is 14.7 Å². The summed E-state index contributed by atoms with van der Waals surface area (Å²) in [6.45, 7) is 9.67.